The Balaban J connectivity index is 1.86. The highest BCUT2D eigenvalue weighted by molar-refractivity contribution is 5.71. The van der Waals surface area contributed by atoms with E-state index in [2.05, 4.69) is 16.8 Å². The lowest BCUT2D eigenvalue weighted by Crippen LogP contribution is -2.37. The molecule has 0 spiro atoms. The third kappa shape index (κ3) is 4.03. The summed E-state index contributed by atoms with van der Waals surface area (Å²) in [5.41, 5.74) is -0.698. The zero-order chi connectivity index (χ0) is 17.9. The quantitative estimate of drug-likeness (QED) is 0.842. The Kier molecular flexibility index (Phi) is 4.80. The van der Waals surface area contributed by atoms with Gasteiger partial charge in [-0.1, -0.05) is 36.3 Å². The second kappa shape index (κ2) is 7.02. The highest BCUT2D eigenvalue weighted by Gasteiger charge is 2.43. The van der Waals surface area contributed by atoms with E-state index in [1.807, 2.05) is 30.3 Å². The number of pyridine rings is 1. The number of hydrogen-bond donors (Lipinski definition) is 1. The molecule has 0 radical (unpaired) electrons. The van der Waals surface area contributed by atoms with Crippen LogP contribution in [0.2, 0.25) is 0 Å². The van der Waals surface area contributed by atoms with Gasteiger partial charge >= 0.3 is 5.97 Å². The number of aliphatic carboxylic acids is 1. The third-order valence-electron chi connectivity index (χ3n) is 4.57. The normalized spacial score (nSPS) is 25.7. The van der Waals surface area contributed by atoms with Gasteiger partial charge in [0.25, 0.3) is 0 Å². The van der Waals surface area contributed by atoms with Gasteiger partial charge < -0.3 is 5.11 Å². The number of alkyl halides is 1. The van der Waals surface area contributed by atoms with Crippen molar-refractivity contribution in [2.75, 3.05) is 0 Å². The molecule has 3 atom stereocenters. The maximum atomic E-state index is 15.2. The zero-order valence-corrected chi connectivity index (χ0v) is 13.5. The smallest absolute Gasteiger partial charge is 0.307 e. The van der Waals surface area contributed by atoms with Crippen molar-refractivity contribution in [2.24, 2.45) is 5.92 Å². The standard InChI is InChI=1S/C20H17F2NO2/c21-15-6-7-16(23-13-15)8-10-20(22)11-9-17(19(24)25)18(12-20)14-4-2-1-3-5-14/h1-7,13,17-18H,9,11-12H2,(H,24,25)/t17-,18+,20-/m1/s1. The summed E-state index contributed by atoms with van der Waals surface area (Å²) in [5, 5.41) is 9.47. The summed E-state index contributed by atoms with van der Waals surface area (Å²) in [6, 6.07) is 11.7. The van der Waals surface area contributed by atoms with Crippen molar-refractivity contribution in [3.63, 3.8) is 0 Å². The first-order valence-corrected chi connectivity index (χ1v) is 8.08. The van der Waals surface area contributed by atoms with Crippen molar-refractivity contribution >= 4 is 5.97 Å². The van der Waals surface area contributed by atoms with E-state index in [0.717, 1.165) is 11.8 Å². The fourth-order valence-corrected chi connectivity index (χ4v) is 3.26. The predicted octanol–water partition coefficient (Wildman–Crippen LogP) is 3.95. The maximum Gasteiger partial charge on any atom is 0.307 e. The second-order valence-corrected chi connectivity index (χ2v) is 6.28. The van der Waals surface area contributed by atoms with Gasteiger partial charge in [-0.3, -0.25) is 4.79 Å². The minimum atomic E-state index is -1.79. The van der Waals surface area contributed by atoms with Crippen LogP contribution in [0.3, 0.4) is 0 Å². The SMILES string of the molecule is O=C(O)[C@@H]1CC[C@](F)(C#Cc2ccc(F)cn2)C[C@H]1c1ccccc1. The molecule has 1 saturated carbocycles. The number of aromatic nitrogens is 1. The van der Waals surface area contributed by atoms with E-state index in [9.17, 15) is 14.3 Å². The first-order valence-electron chi connectivity index (χ1n) is 8.08. The average molecular weight is 341 g/mol. The fourth-order valence-electron chi connectivity index (χ4n) is 3.26. The molecule has 0 unspecified atom stereocenters. The van der Waals surface area contributed by atoms with Crippen LogP contribution in [0.25, 0.3) is 0 Å². The van der Waals surface area contributed by atoms with Gasteiger partial charge in [0.1, 0.15) is 11.5 Å². The number of nitrogens with zero attached hydrogens (tertiary/aromatic N) is 1. The van der Waals surface area contributed by atoms with Crippen molar-refractivity contribution in [1.29, 1.82) is 0 Å². The Morgan fingerprint density at radius 2 is 2.00 bits per heavy atom. The molecule has 1 N–H and O–H groups in total. The third-order valence-corrected chi connectivity index (χ3v) is 4.57. The van der Waals surface area contributed by atoms with Gasteiger partial charge in [-0.15, -0.1) is 0 Å². The van der Waals surface area contributed by atoms with Crippen LogP contribution in [0.5, 0.6) is 0 Å². The van der Waals surface area contributed by atoms with E-state index in [1.165, 1.54) is 12.1 Å². The molecular formula is C20H17F2NO2. The highest BCUT2D eigenvalue weighted by atomic mass is 19.1. The molecule has 3 nitrogen and oxygen atoms in total. The predicted molar refractivity (Wildman–Crippen MR) is 89.1 cm³/mol. The molecule has 0 amide bonds. The lowest BCUT2D eigenvalue weighted by Gasteiger charge is -2.35. The number of carbonyl (C=O) groups is 1. The van der Waals surface area contributed by atoms with Gasteiger partial charge in [-0.25, -0.2) is 13.8 Å². The molecule has 0 aliphatic heterocycles. The van der Waals surface area contributed by atoms with Crippen molar-refractivity contribution in [3.05, 3.63) is 65.7 Å². The van der Waals surface area contributed by atoms with Gasteiger partial charge in [0.15, 0.2) is 5.67 Å². The van der Waals surface area contributed by atoms with Crippen LogP contribution in [0, 0.1) is 23.6 Å². The van der Waals surface area contributed by atoms with E-state index in [-0.39, 0.29) is 25.0 Å². The van der Waals surface area contributed by atoms with Crippen LogP contribution in [0.1, 0.15) is 36.4 Å². The van der Waals surface area contributed by atoms with Crippen molar-refractivity contribution in [1.82, 2.24) is 4.98 Å². The number of hydrogen-bond acceptors (Lipinski definition) is 2. The molecule has 1 heterocycles. The van der Waals surface area contributed by atoms with Crippen molar-refractivity contribution in [3.8, 4) is 11.8 Å². The van der Waals surface area contributed by atoms with Crippen LogP contribution in [-0.2, 0) is 4.79 Å². The Morgan fingerprint density at radius 1 is 1.24 bits per heavy atom. The van der Waals surface area contributed by atoms with Crippen LogP contribution < -0.4 is 0 Å². The first kappa shape index (κ1) is 17.1. The summed E-state index contributed by atoms with van der Waals surface area (Å²) in [4.78, 5) is 15.4. The highest BCUT2D eigenvalue weighted by Crippen LogP contribution is 2.44. The van der Waals surface area contributed by atoms with E-state index >= 15 is 4.39 Å². The van der Waals surface area contributed by atoms with Crippen molar-refractivity contribution < 1.29 is 18.7 Å². The zero-order valence-electron chi connectivity index (χ0n) is 13.5. The molecule has 5 heteroatoms. The number of benzene rings is 1. The fraction of sp³-hybridized carbons (Fsp3) is 0.300. The molecule has 25 heavy (non-hydrogen) atoms. The molecule has 2 aromatic rings. The number of carboxylic acids is 1. The van der Waals surface area contributed by atoms with Gasteiger partial charge in [0.2, 0.25) is 0 Å². The molecule has 1 aliphatic carbocycles. The summed E-state index contributed by atoms with van der Waals surface area (Å²) >= 11 is 0. The minimum Gasteiger partial charge on any atom is -0.481 e. The van der Waals surface area contributed by atoms with Crippen LogP contribution >= 0.6 is 0 Å². The summed E-state index contributed by atoms with van der Waals surface area (Å²) in [6.07, 6.45) is 1.32. The minimum absolute atomic E-state index is 0.0160. The molecule has 0 bridgehead atoms. The largest absolute Gasteiger partial charge is 0.481 e. The molecule has 1 aromatic heterocycles. The topological polar surface area (TPSA) is 50.2 Å². The molecule has 1 aromatic carbocycles. The first-order chi connectivity index (χ1) is 12.0. The van der Waals surface area contributed by atoms with E-state index in [1.54, 1.807) is 0 Å². The van der Waals surface area contributed by atoms with Gasteiger partial charge in [0, 0.05) is 12.3 Å². The summed E-state index contributed by atoms with van der Waals surface area (Å²) in [7, 11) is 0. The van der Waals surface area contributed by atoms with Crippen molar-refractivity contribution in [2.45, 2.75) is 30.8 Å². The molecule has 128 valence electrons. The Labute approximate surface area is 144 Å². The molecule has 1 aliphatic rings. The molecule has 3 rings (SSSR count). The Hall–Kier alpha value is -2.74. The molecule has 1 fully saturated rings. The lowest BCUT2D eigenvalue weighted by atomic mass is 9.70. The van der Waals surface area contributed by atoms with Gasteiger partial charge in [-0.05, 0) is 36.5 Å². The lowest BCUT2D eigenvalue weighted by molar-refractivity contribution is -0.144. The van der Waals surface area contributed by atoms with Gasteiger partial charge in [-0.2, -0.15) is 0 Å². The summed E-state index contributed by atoms with van der Waals surface area (Å²) in [6.45, 7) is 0. The van der Waals surface area contributed by atoms with E-state index in [0.29, 0.717) is 0 Å². The molecule has 0 saturated heterocycles. The van der Waals surface area contributed by atoms with Crippen LogP contribution in [-0.4, -0.2) is 21.7 Å². The van der Waals surface area contributed by atoms with Crippen LogP contribution in [0.15, 0.2) is 48.7 Å². The monoisotopic (exact) mass is 341 g/mol. The second-order valence-electron chi connectivity index (χ2n) is 6.28. The van der Waals surface area contributed by atoms with E-state index in [4.69, 9.17) is 0 Å². The average Bonchev–Trinajstić information content (AvgIpc) is 2.62. The summed E-state index contributed by atoms with van der Waals surface area (Å²) in [5.74, 6) is 2.79. The van der Waals surface area contributed by atoms with Crippen LogP contribution in [0.4, 0.5) is 8.78 Å². The number of halogens is 2. The maximum absolute atomic E-state index is 15.2. The Morgan fingerprint density at radius 3 is 2.64 bits per heavy atom. The van der Waals surface area contributed by atoms with Gasteiger partial charge in [0.05, 0.1) is 12.1 Å². The summed E-state index contributed by atoms with van der Waals surface area (Å²) < 4.78 is 28.1. The number of carboxylic acid groups (broad SMARTS) is 1. The molecular weight excluding hydrogens is 324 g/mol. The van der Waals surface area contributed by atoms with E-state index < -0.39 is 29.3 Å². The Bertz CT molecular complexity index is 811. The number of rotatable bonds is 2.